The van der Waals surface area contributed by atoms with E-state index in [0.717, 1.165) is 25.7 Å². The Labute approximate surface area is 401 Å². The first kappa shape index (κ1) is 62.8. The molecule has 0 aliphatic carbocycles. The van der Waals surface area contributed by atoms with Crippen molar-refractivity contribution in [2.75, 3.05) is 6.61 Å². The Morgan fingerprint density at radius 2 is 0.656 bits per heavy atom. The standard InChI is InChI=1S/C59H115NO4/c1-3-5-7-9-11-13-15-17-18-19-20-21-22-23-24-25-26-27-28-29-30-31-32-33-34-35-36-37-38-39-40-41-42-44-46-48-50-52-56(62)54-59(64)60-57(55-61)58(63)53-51-49-47-45-43-16-14-12-10-8-6-4-2/h29-30,51,53,56-58,61-63H,3-28,31-50,52,54-55H2,1-2H3,(H,60,64)/b30-29-,53-51+. The molecule has 0 saturated carbocycles. The number of carbonyl (C=O) groups excluding carboxylic acids is 1. The van der Waals surface area contributed by atoms with Gasteiger partial charge < -0.3 is 20.6 Å². The van der Waals surface area contributed by atoms with Crippen LogP contribution in [-0.2, 0) is 4.79 Å². The van der Waals surface area contributed by atoms with E-state index in [4.69, 9.17) is 0 Å². The van der Waals surface area contributed by atoms with Crippen LogP contribution in [-0.4, -0.2) is 46.1 Å². The van der Waals surface area contributed by atoms with Crippen LogP contribution in [0.1, 0.15) is 322 Å². The lowest BCUT2D eigenvalue weighted by molar-refractivity contribution is -0.124. The smallest absolute Gasteiger partial charge is 0.222 e. The fourth-order valence-corrected chi connectivity index (χ4v) is 9.28. The van der Waals surface area contributed by atoms with Gasteiger partial charge in [-0.3, -0.25) is 4.79 Å². The van der Waals surface area contributed by atoms with E-state index in [-0.39, 0.29) is 18.9 Å². The zero-order chi connectivity index (χ0) is 46.5. The van der Waals surface area contributed by atoms with Gasteiger partial charge >= 0.3 is 0 Å². The second-order valence-electron chi connectivity index (χ2n) is 20.3. The van der Waals surface area contributed by atoms with Crippen molar-refractivity contribution in [3.05, 3.63) is 24.3 Å². The number of rotatable bonds is 54. The van der Waals surface area contributed by atoms with Crippen molar-refractivity contribution in [2.45, 2.75) is 340 Å². The number of allylic oxidation sites excluding steroid dienone is 3. The van der Waals surface area contributed by atoms with E-state index in [1.54, 1.807) is 6.08 Å². The maximum atomic E-state index is 12.5. The summed E-state index contributed by atoms with van der Waals surface area (Å²) in [5, 5.41) is 33.3. The van der Waals surface area contributed by atoms with Crippen molar-refractivity contribution in [3.63, 3.8) is 0 Å². The molecule has 0 radical (unpaired) electrons. The Morgan fingerprint density at radius 3 is 0.953 bits per heavy atom. The summed E-state index contributed by atoms with van der Waals surface area (Å²) < 4.78 is 0. The molecule has 380 valence electrons. The second kappa shape index (κ2) is 54.4. The van der Waals surface area contributed by atoms with Gasteiger partial charge in [0.2, 0.25) is 5.91 Å². The Hall–Kier alpha value is -1.17. The van der Waals surface area contributed by atoms with Crippen LogP contribution in [0.15, 0.2) is 24.3 Å². The molecule has 64 heavy (non-hydrogen) atoms. The molecule has 4 N–H and O–H groups in total. The molecule has 0 spiro atoms. The molecular formula is C59H115NO4. The Kier molecular flexibility index (Phi) is 53.4. The van der Waals surface area contributed by atoms with Gasteiger partial charge in [0, 0.05) is 0 Å². The molecule has 0 aliphatic rings. The van der Waals surface area contributed by atoms with Gasteiger partial charge in [0.1, 0.15) is 0 Å². The van der Waals surface area contributed by atoms with Gasteiger partial charge in [-0.05, 0) is 44.9 Å². The van der Waals surface area contributed by atoms with Gasteiger partial charge in [-0.15, -0.1) is 0 Å². The maximum absolute atomic E-state index is 12.5. The molecular weight excluding hydrogens is 787 g/mol. The lowest BCUT2D eigenvalue weighted by atomic mass is 10.0. The molecule has 0 fully saturated rings. The topological polar surface area (TPSA) is 89.8 Å². The van der Waals surface area contributed by atoms with Crippen molar-refractivity contribution in [1.29, 1.82) is 0 Å². The molecule has 5 nitrogen and oxygen atoms in total. The number of aliphatic hydroxyl groups excluding tert-OH is 3. The van der Waals surface area contributed by atoms with E-state index in [0.29, 0.717) is 6.42 Å². The van der Waals surface area contributed by atoms with Gasteiger partial charge in [-0.1, -0.05) is 295 Å². The maximum Gasteiger partial charge on any atom is 0.222 e. The second-order valence-corrected chi connectivity index (χ2v) is 20.3. The lowest BCUT2D eigenvalue weighted by Crippen LogP contribution is -2.45. The van der Waals surface area contributed by atoms with Crippen LogP contribution in [0, 0.1) is 0 Å². The first-order valence-electron chi connectivity index (χ1n) is 29.1. The van der Waals surface area contributed by atoms with Gasteiger partial charge in [-0.25, -0.2) is 0 Å². The molecule has 0 aliphatic heterocycles. The molecule has 0 heterocycles. The van der Waals surface area contributed by atoms with Crippen LogP contribution in [0.3, 0.4) is 0 Å². The highest BCUT2D eigenvalue weighted by molar-refractivity contribution is 5.76. The fourth-order valence-electron chi connectivity index (χ4n) is 9.28. The van der Waals surface area contributed by atoms with Crippen LogP contribution in [0.5, 0.6) is 0 Å². The predicted octanol–water partition coefficient (Wildman–Crippen LogP) is 18.1. The predicted molar refractivity (Wildman–Crippen MR) is 282 cm³/mol. The van der Waals surface area contributed by atoms with Crippen LogP contribution in [0.4, 0.5) is 0 Å². The molecule has 0 aromatic carbocycles. The van der Waals surface area contributed by atoms with Crippen LogP contribution >= 0.6 is 0 Å². The van der Waals surface area contributed by atoms with E-state index in [9.17, 15) is 20.1 Å². The molecule has 0 aromatic heterocycles. The fraction of sp³-hybridized carbons (Fsp3) is 0.915. The van der Waals surface area contributed by atoms with Crippen LogP contribution in [0.25, 0.3) is 0 Å². The summed E-state index contributed by atoms with van der Waals surface area (Å²) >= 11 is 0. The Morgan fingerprint density at radius 1 is 0.391 bits per heavy atom. The van der Waals surface area contributed by atoms with Crippen molar-refractivity contribution >= 4 is 5.91 Å². The third kappa shape index (κ3) is 50.2. The average Bonchev–Trinajstić information content (AvgIpc) is 3.29. The van der Waals surface area contributed by atoms with E-state index >= 15 is 0 Å². The first-order chi connectivity index (χ1) is 31.5. The third-order valence-electron chi connectivity index (χ3n) is 13.7. The van der Waals surface area contributed by atoms with Crippen molar-refractivity contribution in [1.82, 2.24) is 5.32 Å². The highest BCUT2D eigenvalue weighted by Crippen LogP contribution is 2.18. The number of aliphatic hydroxyl groups is 3. The van der Waals surface area contributed by atoms with E-state index in [2.05, 4.69) is 31.3 Å². The number of hydrogen-bond donors (Lipinski definition) is 4. The molecule has 0 rings (SSSR count). The minimum absolute atomic E-state index is 0.0167. The minimum atomic E-state index is -0.926. The van der Waals surface area contributed by atoms with Gasteiger partial charge in [-0.2, -0.15) is 0 Å². The SMILES string of the molecule is CCCCCCCCCCCC/C=C/C(O)C(CO)NC(=O)CC(O)CCCCCCCCCCCCCCCCC/C=C\CCCCCCCCCCCCCCCCCCCC. The number of carbonyl (C=O) groups is 1. The zero-order valence-electron chi connectivity index (χ0n) is 43.4. The zero-order valence-corrected chi connectivity index (χ0v) is 43.4. The number of unbranched alkanes of at least 4 members (excludes halogenated alkanes) is 43. The summed E-state index contributed by atoms with van der Waals surface area (Å²) in [4.78, 5) is 12.5. The summed E-state index contributed by atoms with van der Waals surface area (Å²) in [5.41, 5.74) is 0. The van der Waals surface area contributed by atoms with Crippen molar-refractivity contribution in [2.24, 2.45) is 0 Å². The molecule has 1 amide bonds. The summed E-state index contributed by atoms with van der Waals surface area (Å²) in [5.74, 6) is -0.312. The summed E-state index contributed by atoms with van der Waals surface area (Å²) in [7, 11) is 0. The van der Waals surface area contributed by atoms with Crippen molar-refractivity contribution < 1.29 is 20.1 Å². The quantitative estimate of drug-likeness (QED) is 0.0362. The van der Waals surface area contributed by atoms with Crippen molar-refractivity contribution in [3.8, 4) is 0 Å². The highest BCUT2D eigenvalue weighted by Gasteiger charge is 2.20. The normalized spacial score (nSPS) is 13.4. The third-order valence-corrected chi connectivity index (χ3v) is 13.7. The molecule has 3 unspecified atom stereocenters. The summed E-state index contributed by atoms with van der Waals surface area (Å²) in [6.45, 7) is 4.23. The number of hydrogen-bond acceptors (Lipinski definition) is 4. The molecule has 0 bridgehead atoms. The van der Waals surface area contributed by atoms with E-state index in [1.165, 1.54) is 270 Å². The lowest BCUT2D eigenvalue weighted by Gasteiger charge is -2.21. The molecule has 0 saturated heterocycles. The van der Waals surface area contributed by atoms with E-state index < -0.39 is 18.2 Å². The van der Waals surface area contributed by atoms with Gasteiger partial charge in [0.15, 0.2) is 0 Å². The largest absolute Gasteiger partial charge is 0.394 e. The Balaban J connectivity index is 3.44. The summed E-state index contributed by atoms with van der Waals surface area (Å²) in [6, 6.07) is -0.741. The molecule has 3 atom stereocenters. The van der Waals surface area contributed by atoms with Gasteiger partial charge in [0.05, 0.1) is 31.3 Å². The number of nitrogens with one attached hydrogen (secondary N) is 1. The first-order valence-corrected chi connectivity index (χ1v) is 29.1. The van der Waals surface area contributed by atoms with Gasteiger partial charge in [0.25, 0.3) is 0 Å². The molecule has 5 heteroatoms. The average molecular weight is 903 g/mol. The molecule has 0 aromatic rings. The summed E-state index contributed by atoms with van der Waals surface area (Å²) in [6.07, 6.45) is 69.7. The highest BCUT2D eigenvalue weighted by atomic mass is 16.3. The van der Waals surface area contributed by atoms with Crippen LogP contribution in [0.2, 0.25) is 0 Å². The Bertz CT molecular complexity index is 951. The monoisotopic (exact) mass is 902 g/mol. The number of amides is 1. The van der Waals surface area contributed by atoms with E-state index in [1.807, 2.05) is 6.08 Å². The van der Waals surface area contributed by atoms with Crippen LogP contribution < -0.4 is 5.32 Å². The minimum Gasteiger partial charge on any atom is -0.394 e.